The molecule has 4 nitrogen and oxygen atoms in total. The van der Waals surface area contributed by atoms with Gasteiger partial charge >= 0.3 is 5.97 Å². The molecule has 1 N–H and O–H groups in total. The van der Waals surface area contributed by atoms with Gasteiger partial charge in [-0.2, -0.15) is 0 Å². The summed E-state index contributed by atoms with van der Waals surface area (Å²) < 4.78 is 0. The predicted molar refractivity (Wildman–Crippen MR) is 81.1 cm³/mol. The number of carboxylic acids is 1. The lowest BCUT2D eigenvalue weighted by Gasteiger charge is -2.19. The molecule has 1 aromatic heterocycles. The molecule has 0 aliphatic heterocycles. The molecular formula is C14H15ClN2O2S. The molecule has 0 bridgehead atoms. The maximum absolute atomic E-state index is 10.9. The summed E-state index contributed by atoms with van der Waals surface area (Å²) in [5.41, 5.74) is 1.75. The van der Waals surface area contributed by atoms with Gasteiger partial charge in [0.05, 0.1) is 10.7 Å². The first-order valence-electron chi connectivity index (χ1n) is 6.11. The Morgan fingerprint density at radius 3 is 2.85 bits per heavy atom. The normalized spacial score (nSPS) is 12.6. The highest BCUT2D eigenvalue weighted by molar-refractivity contribution is 7.13. The second kappa shape index (κ2) is 6.35. The van der Waals surface area contributed by atoms with Gasteiger partial charge in [0.25, 0.3) is 0 Å². The Balaban J connectivity index is 2.14. The van der Waals surface area contributed by atoms with Gasteiger partial charge in [-0.3, -0.25) is 9.69 Å². The van der Waals surface area contributed by atoms with Crippen molar-refractivity contribution in [2.24, 2.45) is 0 Å². The summed E-state index contributed by atoms with van der Waals surface area (Å²) in [6.07, 6.45) is 0. The fourth-order valence-electron chi connectivity index (χ4n) is 1.72. The Kier molecular flexibility index (Phi) is 4.75. The summed E-state index contributed by atoms with van der Waals surface area (Å²) in [5, 5.41) is 12.4. The van der Waals surface area contributed by atoms with Crippen LogP contribution in [0.1, 0.15) is 12.6 Å². The van der Waals surface area contributed by atoms with E-state index >= 15 is 0 Å². The Bertz CT molecular complexity index is 615. The highest BCUT2D eigenvalue weighted by atomic mass is 35.5. The maximum Gasteiger partial charge on any atom is 0.320 e. The third-order valence-corrected chi connectivity index (χ3v) is 4.34. The average Bonchev–Trinajstić information content (AvgIpc) is 2.86. The lowest BCUT2D eigenvalue weighted by Crippen LogP contribution is -2.35. The fraction of sp³-hybridized carbons (Fsp3) is 0.286. The SMILES string of the molecule is CC(C(=O)O)N(C)Cc1csc(-c2ccccc2Cl)n1. The number of nitrogens with zero attached hydrogens (tertiary/aromatic N) is 2. The van der Waals surface area contributed by atoms with Crippen LogP contribution in [0.3, 0.4) is 0 Å². The Labute approximate surface area is 126 Å². The summed E-state index contributed by atoms with van der Waals surface area (Å²) in [6, 6.07) is 7.01. The van der Waals surface area contributed by atoms with Crippen LogP contribution in [0, 0.1) is 0 Å². The van der Waals surface area contributed by atoms with Gasteiger partial charge in [-0.1, -0.05) is 29.8 Å². The van der Waals surface area contributed by atoms with E-state index < -0.39 is 12.0 Å². The highest BCUT2D eigenvalue weighted by Crippen LogP contribution is 2.30. The number of aliphatic carboxylic acids is 1. The van der Waals surface area contributed by atoms with Gasteiger partial charge < -0.3 is 5.11 Å². The third-order valence-electron chi connectivity index (χ3n) is 3.09. The number of hydrogen-bond acceptors (Lipinski definition) is 4. The van der Waals surface area contributed by atoms with E-state index in [0.717, 1.165) is 16.3 Å². The first-order chi connectivity index (χ1) is 9.49. The van der Waals surface area contributed by atoms with Gasteiger partial charge in [-0.15, -0.1) is 11.3 Å². The number of likely N-dealkylation sites (N-methyl/N-ethyl adjacent to an activating group) is 1. The number of halogens is 1. The van der Waals surface area contributed by atoms with Crippen molar-refractivity contribution in [1.82, 2.24) is 9.88 Å². The Morgan fingerprint density at radius 1 is 1.50 bits per heavy atom. The third kappa shape index (κ3) is 3.36. The molecule has 1 heterocycles. The van der Waals surface area contributed by atoms with E-state index in [1.54, 1.807) is 18.9 Å². The first-order valence-corrected chi connectivity index (χ1v) is 7.37. The zero-order chi connectivity index (χ0) is 14.7. The molecule has 2 aromatic rings. The van der Waals surface area contributed by atoms with Crippen LogP contribution < -0.4 is 0 Å². The van der Waals surface area contributed by atoms with Crippen LogP contribution in [0.4, 0.5) is 0 Å². The summed E-state index contributed by atoms with van der Waals surface area (Å²) >= 11 is 7.65. The maximum atomic E-state index is 10.9. The molecule has 106 valence electrons. The largest absolute Gasteiger partial charge is 0.480 e. The van der Waals surface area contributed by atoms with E-state index in [0.29, 0.717) is 11.6 Å². The first kappa shape index (κ1) is 15.0. The number of benzene rings is 1. The van der Waals surface area contributed by atoms with Crippen molar-refractivity contribution in [3.63, 3.8) is 0 Å². The highest BCUT2D eigenvalue weighted by Gasteiger charge is 2.18. The molecule has 0 radical (unpaired) electrons. The molecule has 2 rings (SSSR count). The van der Waals surface area contributed by atoms with E-state index in [4.69, 9.17) is 16.7 Å². The second-order valence-corrected chi connectivity index (χ2v) is 5.82. The molecule has 0 amide bonds. The quantitative estimate of drug-likeness (QED) is 0.920. The zero-order valence-electron chi connectivity index (χ0n) is 11.2. The van der Waals surface area contributed by atoms with Crippen LogP contribution in [0.2, 0.25) is 5.02 Å². The topological polar surface area (TPSA) is 53.4 Å². The molecule has 1 atom stereocenters. The fourth-order valence-corrected chi connectivity index (χ4v) is 2.85. The van der Waals surface area contributed by atoms with E-state index in [-0.39, 0.29) is 0 Å². The van der Waals surface area contributed by atoms with E-state index in [2.05, 4.69) is 4.98 Å². The molecule has 0 aliphatic rings. The van der Waals surface area contributed by atoms with Crippen molar-refractivity contribution in [1.29, 1.82) is 0 Å². The van der Waals surface area contributed by atoms with Gasteiger partial charge in [0, 0.05) is 17.5 Å². The van der Waals surface area contributed by atoms with Crippen LogP contribution >= 0.6 is 22.9 Å². The molecule has 20 heavy (non-hydrogen) atoms. The number of rotatable bonds is 5. The number of hydrogen-bond donors (Lipinski definition) is 1. The lowest BCUT2D eigenvalue weighted by atomic mass is 10.2. The molecule has 1 unspecified atom stereocenters. The monoisotopic (exact) mass is 310 g/mol. The zero-order valence-corrected chi connectivity index (χ0v) is 12.8. The number of carbonyl (C=O) groups is 1. The minimum atomic E-state index is -0.839. The predicted octanol–water partition coefficient (Wildman–Crippen LogP) is 3.37. The summed E-state index contributed by atoms with van der Waals surface area (Å²) in [7, 11) is 1.77. The van der Waals surface area contributed by atoms with Crippen molar-refractivity contribution in [3.8, 4) is 10.6 Å². The number of aromatic nitrogens is 1. The summed E-state index contributed by atoms with van der Waals surface area (Å²) in [5.74, 6) is -0.839. The van der Waals surface area contributed by atoms with Crippen molar-refractivity contribution >= 4 is 28.9 Å². The molecule has 0 fully saturated rings. The molecular weight excluding hydrogens is 296 g/mol. The van der Waals surface area contributed by atoms with Crippen molar-refractivity contribution in [2.75, 3.05) is 7.05 Å². The van der Waals surface area contributed by atoms with Crippen LogP contribution in [-0.4, -0.2) is 34.0 Å². The summed E-state index contributed by atoms with van der Waals surface area (Å²) in [4.78, 5) is 17.2. The standard InChI is InChI=1S/C14H15ClN2O2S/c1-9(14(18)19)17(2)7-10-8-20-13(16-10)11-5-3-4-6-12(11)15/h3-6,8-9H,7H2,1-2H3,(H,18,19). The average molecular weight is 311 g/mol. The van der Waals surface area contributed by atoms with Gasteiger partial charge in [-0.05, 0) is 20.0 Å². The van der Waals surface area contributed by atoms with Crippen molar-refractivity contribution in [3.05, 3.63) is 40.4 Å². The van der Waals surface area contributed by atoms with Gasteiger partial charge in [0.15, 0.2) is 0 Å². The van der Waals surface area contributed by atoms with Crippen LogP contribution in [0.5, 0.6) is 0 Å². The second-order valence-electron chi connectivity index (χ2n) is 4.55. The number of thiazole rings is 1. The molecule has 6 heteroatoms. The van der Waals surface area contributed by atoms with Crippen LogP contribution in [0.25, 0.3) is 10.6 Å². The van der Waals surface area contributed by atoms with Crippen molar-refractivity contribution in [2.45, 2.75) is 19.5 Å². The molecule has 1 aromatic carbocycles. The molecule has 0 aliphatic carbocycles. The van der Waals surface area contributed by atoms with E-state index in [1.165, 1.54) is 11.3 Å². The van der Waals surface area contributed by atoms with Gasteiger partial charge in [0.1, 0.15) is 11.0 Å². The Morgan fingerprint density at radius 2 is 2.20 bits per heavy atom. The van der Waals surface area contributed by atoms with Gasteiger partial charge in [0.2, 0.25) is 0 Å². The van der Waals surface area contributed by atoms with E-state index in [9.17, 15) is 4.79 Å². The minimum absolute atomic E-state index is 0.494. The van der Waals surface area contributed by atoms with Gasteiger partial charge in [-0.25, -0.2) is 4.98 Å². The molecule has 0 saturated heterocycles. The van der Waals surface area contributed by atoms with Crippen molar-refractivity contribution < 1.29 is 9.90 Å². The Hall–Kier alpha value is -1.43. The minimum Gasteiger partial charge on any atom is -0.480 e. The van der Waals surface area contributed by atoms with Crippen LogP contribution in [0.15, 0.2) is 29.6 Å². The molecule has 0 saturated carbocycles. The van der Waals surface area contributed by atoms with E-state index in [1.807, 2.05) is 29.6 Å². The molecule has 0 spiro atoms. The van der Waals surface area contributed by atoms with Crippen LogP contribution in [-0.2, 0) is 11.3 Å². The number of carboxylic acid groups (broad SMARTS) is 1. The smallest absolute Gasteiger partial charge is 0.320 e. The lowest BCUT2D eigenvalue weighted by molar-refractivity contribution is -0.142. The summed E-state index contributed by atoms with van der Waals surface area (Å²) in [6.45, 7) is 2.15.